The summed E-state index contributed by atoms with van der Waals surface area (Å²) in [7, 11) is 1.25. The van der Waals surface area contributed by atoms with E-state index in [0.717, 1.165) is 17.5 Å². The first kappa shape index (κ1) is 34.9. The van der Waals surface area contributed by atoms with Crippen molar-refractivity contribution in [1.82, 2.24) is 15.5 Å². The highest BCUT2D eigenvalue weighted by Crippen LogP contribution is 2.29. The van der Waals surface area contributed by atoms with E-state index in [1.807, 2.05) is 52.8 Å². The van der Waals surface area contributed by atoms with E-state index in [4.69, 9.17) is 9.47 Å². The lowest BCUT2D eigenvalue weighted by molar-refractivity contribution is -0.147. The summed E-state index contributed by atoms with van der Waals surface area (Å²) < 4.78 is 10.2. The van der Waals surface area contributed by atoms with E-state index in [9.17, 15) is 19.2 Å². The standard InChI is InChI=1S/C31H51N3O6/c1-19(2)12-14-23(7)34(29(37)25(16-20(3)4)33-30(38)40-31(8,9)10)27(28(36)32-18-26(35)39-11)24-15-13-21(5)22(6)17-24/h13,15,17,19-20,23,25,27H,12,14,16,18H2,1-11H3,(H,32,36)(H,33,38). The van der Waals surface area contributed by atoms with Crippen molar-refractivity contribution < 1.29 is 28.7 Å². The minimum atomic E-state index is -1.03. The molecule has 3 amide bonds. The van der Waals surface area contributed by atoms with Gasteiger partial charge >= 0.3 is 12.1 Å². The molecule has 0 aromatic heterocycles. The van der Waals surface area contributed by atoms with Gasteiger partial charge in [0, 0.05) is 6.04 Å². The van der Waals surface area contributed by atoms with E-state index in [1.54, 1.807) is 25.7 Å². The summed E-state index contributed by atoms with van der Waals surface area (Å²) in [5, 5.41) is 5.43. The Bertz CT molecular complexity index is 1010. The van der Waals surface area contributed by atoms with Gasteiger partial charge in [-0.2, -0.15) is 0 Å². The second kappa shape index (κ2) is 15.6. The largest absolute Gasteiger partial charge is 0.468 e. The molecule has 0 bridgehead atoms. The Morgan fingerprint density at radius 3 is 2.05 bits per heavy atom. The molecule has 0 radical (unpaired) electrons. The Hall–Kier alpha value is -3.10. The monoisotopic (exact) mass is 561 g/mol. The zero-order chi connectivity index (χ0) is 30.8. The first-order chi connectivity index (χ1) is 18.5. The zero-order valence-corrected chi connectivity index (χ0v) is 26.3. The topological polar surface area (TPSA) is 114 Å². The van der Waals surface area contributed by atoms with Crippen LogP contribution in [0.2, 0.25) is 0 Å². The highest BCUT2D eigenvalue weighted by atomic mass is 16.6. The molecule has 0 heterocycles. The van der Waals surface area contributed by atoms with Crippen molar-refractivity contribution in [3.05, 3.63) is 34.9 Å². The number of esters is 1. The van der Waals surface area contributed by atoms with Crippen LogP contribution in [-0.2, 0) is 23.9 Å². The molecule has 0 aliphatic carbocycles. The number of carbonyl (C=O) groups is 4. The van der Waals surface area contributed by atoms with E-state index >= 15 is 0 Å². The molecule has 0 fully saturated rings. The van der Waals surface area contributed by atoms with Gasteiger partial charge in [-0.15, -0.1) is 0 Å². The highest BCUT2D eigenvalue weighted by molar-refractivity contribution is 5.93. The summed E-state index contributed by atoms with van der Waals surface area (Å²) in [6.07, 6.45) is 1.15. The van der Waals surface area contributed by atoms with Gasteiger partial charge < -0.3 is 25.0 Å². The number of ether oxygens (including phenoxy) is 2. The molecule has 0 spiro atoms. The lowest BCUT2D eigenvalue weighted by Gasteiger charge is -2.39. The molecule has 1 aromatic rings. The van der Waals surface area contributed by atoms with Gasteiger partial charge in [0.25, 0.3) is 0 Å². The van der Waals surface area contributed by atoms with E-state index in [2.05, 4.69) is 24.5 Å². The van der Waals surface area contributed by atoms with Gasteiger partial charge in [-0.25, -0.2) is 4.79 Å². The summed E-state index contributed by atoms with van der Waals surface area (Å²) in [6, 6.07) is 3.34. The quantitative estimate of drug-likeness (QED) is 0.319. The van der Waals surface area contributed by atoms with E-state index in [-0.39, 0.29) is 24.4 Å². The predicted molar refractivity (Wildman–Crippen MR) is 157 cm³/mol. The van der Waals surface area contributed by atoms with Gasteiger partial charge in [0.15, 0.2) is 0 Å². The maximum absolute atomic E-state index is 14.4. The van der Waals surface area contributed by atoms with E-state index in [0.29, 0.717) is 24.3 Å². The summed E-state index contributed by atoms with van der Waals surface area (Å²) in [6.45, 7) is 18.9. The van der Waals surface area contributed by atoms with Crippen molar-refractivity contribution >= 4 is 23.9 Å². The third-order valence-electron chi connectivity index (χ3n) is 6.60. The fourth-order valence-corrected chi connectivity index (χ4v) is 4.34. The number of nitrogens with zero attached hydrogens (tertiary/aromatic N) is 1. The molecule has 1 rings (SSSR count). The molecule has 0 aliphatic heterocycles. The van der Waals surface area contributed by atoms with Gasteiger partial charge in [0.1, 0.15) is 24.2 Å². The Labute approximate surface area is 240 Å². The molecule has 2 N–H and O–H groups in total. The Morgan fingerprint density at radius 2 is 1.55 bits per heavy atom. The van der Waals surface area contributed by atoms with Crippen LogP contribution >= 0.6 is 0 Å². The van der Waals surface area contributed by atoms with Gasteiger partial charge in [-0.3, -0.25) is 14.4 Å². The summed E-state index contributed by atoms with van der Waals surface area (Å²) >= 11 is 0. The third-order valence-corrected chi connectivity index (χ3v) is 6.60. The molecule has 0 saturated carbocycles. The fraction of sp³-hybridized carbons (Fsp3) is 0.677. The van der Waals surface area contributed by atoms with Crippen molar-refractivity contribution in [3.8, 4) is 0 Å². The van der Waals surface area contributed by atoms with Gasteiger partial charge in [0.05, 0.1) is 7.11 Å². The SMILES string of the molecule is COC(=O)CNC(=O)C(c1ccc(C)c(C)c1)N(C(=O)C(CC(C)C)NC(=O)OC(C)(C)C)C(C)CCC(C)C. The summed E-state index contributed by atoms with van der Waals surface area (Å²) in [4.78, 5) is 54.4. The number of hydrogen-bond donors (Lipinski definition) is 2. The predicted octanol–water partition coefficient (Wildman–Crippen LogP) is 5.23. The highest BCUT2D eigenvalue weighted by Gasteiger charge is 2.39. The second-order valence-electron chi connectivity index (χ2n) is 12.4. The number of rotatable bonds is 13. The van der Waals surface area contributed by atoms with Crippen molar-refractivity contribution in [2.45, 2.75) is 112 Å². The summed E-state index contributed by atoms with van der Waals surface area (Å²) in [5.74, 6) is -1.02. The zero-order valence-electron chi connectivity index (χ0n) is 26.3. The van der Waals surface area contributed by atoms with Crippen LogP contribution < -0.4 is 10.6 Å². The molecule has 40 heavy (non-hydrogen) atoms. The van der Waals surface area contributed by atoms with E-state index < -0.39 is 35.7 Å². The van der Waals surface area contributed by atoms with Crippen LogP contribution in [0.3, 0.4) is 0 Å². The van der Waals surface area contributed by atoms with Crippen LogP contribution in [0.4, 0.5) is 4.79 Å². The van der Waals surface area contributed by atoms with Gasteiger partial charge in [-0.05, 0) is 89.3 Å². The average molecular weight is 562 g/mol. The number of carbonyl (C=O) groups excluding carboxylic acids is 4. The minimum Gasteiger partial charge on any atom is -0.468 e. The Kier molecular flexibility index (Phi) is 13.6. The molecule has 9 nitrogen and oxygen atoms in total. The maximum Gasteiger partial charge on any atom is 0.408 e. The molecular weight excluding hydrogens is 510 g/mol. The Balaban J connectivity index is 3.68. The molecule has 1 aromatic carbocycles. The van der Waals surface area contributed by atoms with Crippen molar-refractivity contribution in [2.75, 3.05) is 13.7 Å². The van der Waals surface area contributed by atoms with Crippen LogP contribution in [0.15, 0.2) is 18.2 Å². The minimum absolute atomic E-state index is 0.0740. The third kappa shape index (κ3) is 11.6. The molecule has 0 saturated heterocycles. The average Bonchev–Trinajstić information content (AvgIpc) is 2.83. The molecule has 9 heteroatoms. The van der Waals surface area contributed by atoms with Crippen LogP contribution in [0.1, 0.15) is 97.4 Å². The van der Waals surface area contributed by atoms with Crippen molar-refractivity contribution in [3.63, 3.8) is 0 Å². The van der Waals surface area contributed by atoms with Crippen LogP contribution in [-0.4, -0.2) is 60.1 Å². The first-order valence-electron chi connectivity index (χ1n) is 14.2. The van der Waals surface area contributed by atoms with Crippen LogP contribution in [0, 0.1) is 25.7 Å². The lowest BCUT2D eigenvalue weighted by atomic mass is 9.94. The van der Waals surface area contributed by atoms with Crippen LogP contribution in [0.25, 0.3) is 0 Å². The maximum atomic E-state index is 14.4. The molecular formula is C31H51N3O6. The molecule has 226 valence electrons. The molecule has 3 unspecified atom stereocenters. The number of amides is 3. The van der Waals surface area contributed by atoms with Crippen molar-refractivity contribution in [1.29, 1.82) is 0 Å². The molecule has 0 aliphatic rings. The Morgan fingerprint density at radius 1 is 0.925 bits per heavy atom. The normalized spacial score (nSPS) is 13.8. The second-order valence-corrected chi connectivity index (χ2v) is 12.4. The number of hydrogen-bond acceptors (Lipinski definition) is 6. The number of aryl methyl sites for hydroxylation is 2. The van der Waals surface area contributed by atoms with Crippen molar-refractivity contribution in [2.24, 2.45) is 11.8 Å². The molecule has 3 atom stereocenters. The number of methoxy groups -OCH3 is 1. The van der Waals surface area contributed by atoms with Gasteiger partial charge in [-0.1, -0.05) is 45.9 Å². The summed E-state index contributed by atoms with van der Waals surface area (Å²) in [5.41, 5.74) is 1.90. The van der Waals surface area contributed by atoms with Gasteiger partial charge in [0.2, 0.25) is 11.8 Å². The number of alkyl carbamates (subject to hydrolysis) is 1. The lowest BCUT2D eigenvalue weighted by Crippen LogP contribution is -2.56. The number of nitrogens with one attached hydrogen (secondary N) is 2. The first-order valence-corrected chi connectivity index (χ1v) is 14.2. The van der Waals surface area contributed by atoms with E-state index in [1.165, 1.54) is 7.11 Å². The smallest absolute Gasteiger partial charge is 0.408 e. The number of benzene rings is 1. The van der Waals surface area contributed by atoms with Crippen LogP contribution in [0.5, 0.6) is 0 Å². The fourth-order valence-electron chi connectivity index (χ4n) is 4.34.